The fourth-order valence-electron chi connectivity index (χ4n) is 2.36. The second-order valence-corrected chi connectivity index (χ2v) is 4.61. The lowest BCUT2D eigenvalue weighted by Gasteiger charge is -2.35. The van der Waals surface area contributed by atoms with Gasteiger partial charge in [0, 0.05) is 6.54 Å². The van der Waals surface area contributed by atoms with Crippen molar-refractivity contribution in [3.63, 3.8) is 0 Å². The molecule has 1 aliphatic rings. The van der Waals surface area contributed by atoms with Crippen molar-refractivity contribution in [2.24, 2.45) is 11.5 Å². The molecule has 1 aromatic heterocycles. The van der Waals surface area contributed by atoms with E-state index in [-0.39, 0.29) is 5.56 Å². The van der Waals surface area contributed by atoms with E-state index in [0.29, 0.717) is 24.5 Å². The zero-order chi connectivity index (χ0) is 14.0. The van der Waals surface area contributed by atoms with Crippen LogP contribution in [0.5, 0.6) is 0 Å². The Kier molecular flexibility index (Phi) is 3.55. The molecule has 1 aliphatic heterocycles. The number of hydrogen-bond donors (Lipinski definition) is 3. The Morgan fingerprint density at radius 3 is 2.68 bits per heavy atom. The third kappa shape index (κ3) is 2.59. The van der Waals surface area contributed by atoms with E-state index in [0.717, 1.165) is 12.8 Å². The molecule has 1 unspecified atom stereocenters. The molecule has 2 amide bonds. The Morgan fingerprint density at radius 2 is 2.05 bits per heavy atom. The summed E-state index contributed by atoms with van der Waals surface area (Å²) in [4.78, 5) is 28.9. The first-order valence-electron chi connectivity index (χ1n) is 6.12. The summed E-state index contributed by atoms with van der Waals surface area (Å²) in [6.07, 6.45) is 3.92. The van der Waals surface area contributed by atoms with Gasteiger partial charge < -0.3 is 22.1 Å². The van der Waals surface area contributed by atoms with Crippen molar-refractivity contribution in [1.29, 1.82) is 0 Å². The van der Waals surface area contributed by atoms with Gasteiger partial charge in [0.15, 0.2) is 0 Å². The number of nitrogen functional groups attached to an aromatic ring is 1. The zero-order valence-electron chi connectivity index (χ0n) is 10.5. The fourth-order valence-corrected chi connectivity index (χ4v) is 2.36. The first-order chi connectivity index (χ1) is 9.00. The molecule has 0 spiro atoms. The first-order valence-corrected chi connectivity index (χ1v) is 6.12. The molecule has 2 heterocycles. The van der Waals surface area contributed by atoms with Crippen molar-refractivity contribution in [2.45, 2.75) is 25.3 Å². The molecular formula is C12H17N5O2. The average Bonchev–Trinajstić information content (AvgIpc) is 2.38. The number of pyridine rings is 1. The van der Waals surface area contributed by atoms with Crippen molar-refractivity contribution in [1.82, 2.24) is 4.98 Å². The molecule has 1 fully saturated rings. The predicted molar refractivity (Wildman–Crippen MR) is 71.3 cm³/mol. The van der Waals surface area contributed by atoms with Crippen LogP contribution in [0, 0.1) is 0 Å². The summed E-state index contributed by atoms with van der Waals surface area (Å²) in [6, 6.07) is 1.01. The molecule has 0 aliphatic carbocycles. The number of amides is 2. The molecule has 1 saturated heterocycles. The van der Waals surface area contributed by atoms with E-state index >= 15 is 0 Å². The highest BCUT2D eigenvalue weighted by Crippen LogP contribution is 2.27. The molecular weight excluding hydrogens is 246 g/mol. The number of primary amides is 2. The van der Waals surface area contributed by atoms with Gasteiger partial charge in [-0.1, -0.05) is 0 Å². The van der Waals surface area contributed by atoms with Gasteiger partial charge in [-0.2, -0.15) is 0 Å². The number of rotatable bonds is 3. The third-order valence-electron chi connectivity index (χ3n) is 3.26. The van der Waals surface area contributed by atoms with Crippen LogP contribution in [0.1, 0.15) is 29.6 Å². The molecule has 1 aromatic rings. The Balaban J connectivity index is 2.44. The quantitative estimate of drug-likeness (QED) is 0.684. The largest absolute Gasteiger partial charge is 0.397 e. The van der Waals surface area contributed by atoms with Crippen molar-refractivity contribution < 1.29 is 9.59 Å². The minimum Gasteiger partial charge on any atom is -0.397 e. The molecule has 0 radical (unpaired) electrons. The predicted octanol–water partition coefficient (Wildman–Crippen LogP) is -0.393. The maximum atomic E-state index is 11.5. The molecule has 102 valence electrons. The molecule has 6 N–H and O–H groups in total. The summed E-state index contributed by atoms with van der Waals surface area (Å²) in [6.45, 7) is 0.616. The summed E-state index contributed by atoms with van der Waals surface area (Å²) >= 11 is 0. The van der Waals surface area contributed by atoms with E-state index in [2.05, 4.69) is 4.98 Å². The Bertz CT molecular complexity index is 517. The molecule has 19 heavy (non-hydrogen) atoms. The van der Waals surface area contributed by atoms with Gasteiger partial charge in [0.05, 0.1) is 17.4 Å². The molecule has 2 rings (SSSR count). The van der Waals surface area contributed by atoms with Crippen molar-refractivity contribution >= 4 is 23.3 Å². The lowest BCUT2D eigenvalue weighted by atomic mass is 10.0. The summed E-state index contributed by atoms with van der Waals surface area (Å²) in [5.41, 5.74) is 16.9. The number of nitrogens with two attached hydrogens (primary N) is 3. The normalized spacial score (nSPS) is 19.2. The number of anilines is 2. The fraction of sp³-hybridized carbons (Fsp3) is 0.417. The minimum atomic E-state index is -0.622. The van der Waals surface area contributed by atoms with Crippen LogP contribution in [0.2, 0.25) is 0 Å². The van der Waals surface area contributed by atoms with Gasteiger partial charge in [-0.05, 0) is 25.3 Å². The monoisotopic (exact) mass is 263 g/mol. The number of carbonyl (C=O) groups excluding carboxylic acids is 2. The van der Waals surface area contributed by atoms with E-state index in [1.54, 1.807) is 4.90 Å². The highest BCUT2D eigenvalue weighted by molar-refractivity contribution is 5.99. The van der Waals surface area contributed by atoms with E-state index in [1.807, 2.05) is 0 Å². The van der Waals surface area contributed by atoms with Crippen LogP contribution in [0.15, 0.2) is 12.3 Å². The Labute approximate surface area is 110 Å². The number of nitrogens with zero attached hydrogens (tertiary/aromatic N) is 2. The summed E-state index contributed by atoms with van der Waals surface area (Å²) in [5.74, 6) is -0.664. The number of piperidine rings is 1. The molecule has 0 saturated carbocycles. The lowest BCUT2D eigenvalue weighted by molar-refractivity contribution is -0.119. The topological polar surface area (TPSA) is 128 Å². The molecule has 1 atom stereocenters. The van der Waals surface area contributed by atoms with E-state index in [9.17, 15) is 9.59 Å². The average molecular weight is 263 g/mol. The second-order valence-electron chi connectivity index (χ2n) is 4.61. The summed E-state index contributed by atoms with van der Waals surface area (Å²) in [7, 11) is 0. The van der Waals surface area contributed by atoms with Gasteiger partial charge in [0.2, 0.25) is 5.91 Å². The SMILES string of the molecule is NC(=O)c1cc(N)cnc1N1CCCCC1C(N)=O. The van der Waals surface area contributed by atoms with Gasteiger partial charge in [-0.15, -0.1) is 0 Å². The summed E-state index contributed by atoms with van der Waals surface area (Å²) in [5, 5.41) is 0. The van der Waals surface area contributed by atoms with Crippen LogP contribution in [0.4, 0.5) is 11.5 Å². The minimum absolute atomic E-state index is 0.216. The van der Waals surface area contributed by atoms with Gasteiger partial charge in [-0.3, -0.25) is 9.59 Å². The van der Waals surface area contributed by atoms with Crippen LogP contribution in [0.3, 0.4) is 0 Å². The van der Waals surface area contributed by atoms with Gasteiger partial charge in [0.25, 0.3) is 5.91 Å². The molecule has 0 aromatic carbocycles. The molecule has 7 heteroatoms. The molecule has 0 bridgehead atoms. The first kappa shape index (κ1) is 13.1. The van der Waals surface area contributed by atoms with Crippen molar-refractivity contribution in [2.75, 3.05) is 17.2 Å². The zero-order valence-corrected chi connectivity index (χ0v) is 10.5. The third-order valence-corrected chi connectivity index (χ3v) is 3.26. The number of hydrogen-bond acceptors (Lipinski definition) is 5. The van der Waals surface area contributed by atoms with Gasteiger partial charge >= 0.3 is 0 Å². The highest BCUT2D eigenvalue weighted by Gasteiger charge is 2.30. The number of aromatic nitrogens is 1. The second kappa shape index (κ2) is 5.13. The molecule has 7 nitrogen and oxygen atoms in total. The van der Waals surface area contributed by atoms with E-state index < -0.39 is 17.9 Å². The van der Waals surface area contributed by atoms with Crippen LogP contribution < -0.4 is 22.1 Å². The lowest BCUT2D eigenvalue weighted by Crippen LogP contribution is -2.48. The Hall–Kier alpha value is -2.31. The van der Waals surface area contributed by atoms with E-state index in [4.69, 9.17) is 17.2 Å². The smallest absolute Gasteiger partial charge is 0.252 e. The number of carbonyl (C=O) groups is 2. The Morgan fingerprint density at radius 1 is 1.32 bits per heavy atom. The van der Waals surface area contributed by atoms with Crippen LogP contribution in [0.25, 0.3) is 0 Å². The van der Waals surface area contributed by atoms with Crippen molar-refractivity contribution in [3.05, 3.63) is 17.8 Å². The van der Waals surface area contributed by atoms with Crippen LogP contribution in [-0.4, -0.2) is 29.4 Å². The maximum absolute atomic E-state index is 11.5. The summed E-state index contributed by atoms with van der Waals surface area (Å²) < 4.78 is 0. The van der Waals surface area contributed by atoms with E-state index in [1.165, 1.54) is 12.3 Å². The van der Waals surface area contributed by atoms with Gasteiger partial charge in [0.1, 0.15) is 11.9 Å². The van der Waals surface area contributed by atoms with Crippen LogP contribution in [-0.2, 0) is 4.79 Å². The van der Waals surface area contributed by atoms with Crippen LogP contribution >= 0.6 is 0 Å². The van der Waals surface area contributed by atoms with Gasteiger partial charge in [-0.25, -0.2) is 4.98 Å². The highest BCUT2D eigenvalue weighted by atomic mass is 16.1. The van der Waals surface area contributed by atoms with Crippen molar-refractivity contribution in [3.8, 4) is 0 Å². The standard InChI is InChI=1S/C12H17N5O2/c13-7-5-8(10(14)18)12(16-6-7)17-4-2-1-3-9(17)11(15)19/h5-6,9H,1-4,13H2,(H2,14,18)(H2,15,19). The maximum Gasteiger partial charge on any atom is 0.252 e.